The molecule has 0 aromatic heterocycles. The second-order valence-electron chi connectivity index (χ2n) is 5.82. The first kappa shape index (κ1) is 16.5. The molecular formula is C17H25NO4. The van der Waals surface area contributed by atoms with E-state index >= 15 is 0 Å². The number of carboxylic acid groups (broad SMARTS) is 1. The molecule has 1 aliphatic rings. The van der Waals surface area contributed by atoms with Gasteiger partial charge >= 0.3 is 5.97 Å². The summed E-state index contributed by atoms with van der Waals surface area (Å²) < 4.78 is 10.6. The van der Waals surface area contributed by atoms with Crippen LogP contribution in [0.5, 0.6) is 11.5 Å². The van der Waals surface area contributed by atoms with Crippen LogP contribution < -0.4 is 14.4 Å². The maximum absolute atomic E-state index is 11.2. The fourth-order valence-corrected chi connectivity index (χ4v) is 3.13. The van der Waals surface area contributed by atoms with Crippen molar-refractivity contribution >= 4 is 11.7 Å². The number of aliphatic carboxylic acids is 1. The summed E-state index contributed by atoms with van der Waals surface area (Å²) >= 11 is 0. The highest BCUT2D eigenvalue weighted by Gasteiger charge is 2.28. The molecule has 1 heterocycles. The zero-order chi connectivity index (χ0) is 16.1. The SMILES string of the molecule is CCC(CC1CCN(c2ccc(OC)c(OC)c2)C1)C(=O)O. The maximum Gasteiger partial charge on any atom is 0.306 e. The van der Waals surface area contributed by atoms with Gasteiger partial charge in [-0.25, -0.2) is 0 Å². The monoisotopic (exact) mass is 307 g/mol. The molecule has 122 valence electrons. The molecule has 1 aromatic rings. The van der Waals surface area contributed by atoms with Gasteiger partial charge < -0.3 is 19.5 Å². The minimum Gasteiger partial charge on any atom is -0.493 e. The molecule has 0 radical (unpaired) electrons. The highest BCUT2D eigenvalue weighted by molar-refractivity contribution is 5.69. The number of hydrogen-bond acceptors (Lipinski definition) is 4. The summed E-state index contributed by atoms with van der Waals surface area (Å²) in [5, 5.41) is 9.20. The Hall–Kier alpha value is -1.91. The van der Waals surface area contributed by atoms with E-state index in [2.05, 4.69) is 4.90 Å². The average molecular weight is 307 g/mol. The first-order valence-electron chi connectivity index (χ1n) is 7.78. The third kappa shape index (κ3) is 3.64. The van der Waals surface area contributed by atoms with Gasteiger partial charge in [-0.15, -0.1) is 0 Å². The topological polar surface area (TPSA) is 59.0 Å². The van der Waals surface area contributed by atoms with Gasteiger partial charge in [-0.05, 0) is 37.3 Å². The molecule has 5 heteroatoms. The van der Waals surface area contributed by atoms with Crippen molar-refractivity contribution in [2.75, 3.05) is 32.2 Å². The van der Waals surface area contributed by atoms with Gasteiger partial charge in [0.1, 0.15) is 0 Å². The largest absolute Gasteiger partial charge is 0.493 e. The normalized spacial score (nSPS) is 19.0. The number of rotatable bonds is 7. The van der Waals surface area contributed by atoms with Crippen LogP contribution >= 0.6 is 0 Å². The lowest BCUT2D eigenvalue weighted by atomic mass is 9.92. The summed E-state index contributed by atoms with van der Waals surface area (Å²) in [7, 11) is 3.26. The van der Waals surface area contributed by atoms with Crippen LogP contribution in [-0.4, -0.2) is 38.4 Å². The van der Waals surface area contributed by atoms with Crippen molar-refractivity contribution in [2.45, 2.75) is 26.2 Å². The Kier molecular flexibility index (Phi) is 5.52. The van der Waals surface area contributed by atoms with E-state index in [0.29, 0.717) is 12.3 Å². The van der Waals surface area contributed by atoms with Crippen molar-refractivity contribution < 1.29 is 19.4 Å². The Bertz CT molecular complexity index is 517. The molecule has 1 aliphatic heterocycles. The lowest BCUT2D eigenvalue weighted by Crippen LogP contribution is -2.22. The van der Waals surface area contributed by atoms with Gasteiger partial charge in [-0.2, -0.15) is 0 Å². The molecule has 2 unspecified atom stereocenters. The summed E-state index contributed by atoms with van der Waals surface area (Å²) in [6.45, 7) is 3.80. The molecule has 22 heavy (non-hydrogen) atoms. The first-order valence-corrected chi connectivity index (χ1v) is 7.78. The molecule has 1 fully saturated rings. The number of benzene rings is 1. The Morgan fingerprint density at radius 2 is 2.09 bits per heavy atom. The van der Waals surface area contributed by atoms with Crippen LogP contribution in [0.1, 0.15) is 26.2 Å². The predicted molar refractivity (Wildman–Crippen MR) is 85.9 cm³/mol. The van der Waals surface area contributed by atoms with E-state index in [1.165, 1.54) is 0 Å². The molecule has 0 saturated carbocycles. The van der Waals surface area contributed by atoms with Crippen LogP contribution in [0.25, 0.3) is 0 Å². The lowest BCUT2D eigenvalue weighted by Gasteiger charge is -2.21. The van der Waals surface area contributed by atoms with Crippen LogP contribution in [-0.2, 0) is 4.79 Å². The molecule has 1 saturated heterocycles. The Morgan fingerprint density at radius 3 is 2.68 bits per heavy atom. The second-order valence-corrected chi connectivity index (χ2v) is 5.82. The molecular weight excluding hydrogens is 282 g/mol. The number of carbonyl (C=O) groups is 1. The zero-order valence-electron chi connectivity index (χ0n) is 13.5. The summed E-state index contributed by atoms with van der Waals surface area (Å²) in [5.74, 6) is 0.982. The van der Waals surface area contributed by atoms with E-state index in [1.807, 2.05) is 25.1 Å². The fraction of sp³-hybridized carbons (Fsp3) is 0.588. The van der Waals surface area contributed by atoms with Crippen LogP contribution in [0.4, 0.5) is 5.69 Å². The van der Waals surface area contributed by atoms with Crippen molar-refractivity contribution in [3.8, 4) is 11.5 Å². The number of hydrogen-bond donors (Lipinski definition) is 1. The second kappa shape index (κ2) is 7.38. The molecule has 0 bridgehead atoms. The molecule has 0 amide bonds. The van der Waals surface area contributed by atoms with E-state index in [0.717, 1.165) is 43.1 Å². The third-order valence-electron chi connectivity index (χ3n) is 4.48. The Balaban J connectivity index is 2.02. The van der Waals surface area contributed by atoms with Crippen LogP contribution in [0.3, 0.4) is 0 Å². The van der Waals surface area contributed by atoms with Gasteiger partial charge in [-0.1, -0.05) is 6.92 Å². The average Bonchev–Trinajstić information content (AvgIpc) is 3.00. The predicted octanol–water partition coefficient (Wildman–Crippen LogP) is 3.03. The fourth-order valence-electron chi connectivity index (χ4n) is 3.13. The molecule has 2 atom stereocenters. The summed E-state index contributed by atoms with van der Waals surface area (Å²) in [5.41, 5.74) is 1.10. The molecule has 0 spiro atoms. The number of nitrogens with zero attached hydrogens (tertiary/aromatic N) is 1. The number of methoxy groups -OCH3 is 2. The van der Waals surface area contributed by atoms with Crippen molar-refractivity contribution in [2.24, 2.45) is 11.8 Å². The third-order valence-corrected chi connectivity index (χ3v) is 4.48. The summed E-state index contributed by atoms with van der Waals surface area (Å²) in [6.07, 6.45) is 2.50. The van der Waals surface area contributed by atoms with Gasteiger partial charge in [-0.3, -0.25) is 4.79 Å². The van der Waals surface area contributed by atoms with Crippen LogP contribution in [0, 0.1) is 11.8 Å². The van der Waals surface area contributed by atoms with Gasteiger partial charge in [0.05, 0.1) is 20.1 Å². The zero-order valence-corrected chi connectivity index (χ0v) is 13.5. The van der Waals surface area contributed by atoms with E-state index < -0.39 is 5.97 Å². The maximum atomic E-state index is 11.2. The van der Waals surface area contributed by atoms with Gasteiger partial charge in [0.15, 0.2) is 11.5 Å². The highest BCUT2D eigenvalue weighted by Crippen LogP contribution is 2.34. The number of ether oxygens (including phenoxy) is 2. The lowest BCUT2D eigenvalue weighted by molar-refractivity contribution is -0.142. The molecule has 2 rings (SSSR count). The highest BCUT2D eigenvalue weighted by atomic mass is 16.5. The van der Waals surface area contributed by atoms with E-state index in [9.17, 15) is 9.90 Å². The van der Waals surface area contributed by atoms with Crippen molar-refractivity contribution in [1.82, 2.24) is 0 Å². The van der Waals surface area contributed by atoms with E-state index in [1.54, 1.807) is 14.2 Å². The Morgan fingerprint density at radius 1 is 1.36 bits per heavy atom. The number of anilines is 1. The van der Waals surface area contributed by atoms with Gasteiger partial charge in [0.2, 0.25) is 0 Å². The van der Waals surface area contributed by atoms with Crippen molar-refractivity contribution in [3.05, 3.63) is 18.2 Å². The molecule has 0 aliphatic carbocycles. The minimum atomic E-state index is -0.674. The van der Waals surface area contributed by atoms with Crippen LogP contribution in [0.2, 0.25) is 0 Å². The van der Waals surface area contributed by atoms with Crippen molar-refractivity contribution in [1.29, 1.82) is 0 Å². The molecule has 1 N–H and O–H groups in total. The number of carboxylic acids is 1. The molecule has 5 nitrogen and oxygen atoms in total. The molecule has 1 aromatic carbocycles. The summed E-state index contributed by atoms with van der Waals surface area (Å²) in [4.78, 5) is 13.5. The van der Waals surface area contributed by atoms with Crippen molar-refractivity contribution in [3.63, 3.8) is 0 Å². The summed E-state index contributed by atoms with van der Waals surface area (Å²) in [6, 6.07) is 5.92. The van der Waals surface area contributed by atoms with Gasteiger partial charge in [0.25, 0.3) is 0 Å². The van der Waals surface area contributed by atoms with Gasteiger partial charge in [0, 0.05) is 24.8 Å². The minimum absolute atomic E-state index is 0.227. The van der Waals surface area contributed by atoms with Crippen LogP contribution in [0.15, 0.2) is 18.2 Å². The van der Waals surface area contributed by atoms with E-state index in [4.69, 9.17) is 9.47 Å². The van der Waals surface area contributed by atoms with E-state index in [-0.39, 0.29) is 5.92 Å². The first-order chi connectivity index (χ1) is 10.6. The smallest absolute Gasteiger partial charge is 0.306 e. The quantitative estimate of drug-likeness (QED) is 0.839. The standard InChI is InChI=1S/C17H25NO4/c1-4-13(17(19)20)9-12-7-8-18(11-12)14-5-6-15(21-2)16(10-14)22-3/h5-6,10,12-13H,4,7-9,11H2,1-3H3,(H,19,20). The Labute approximate surface area is 131 Å².